The summed E-state index contributed by atoms with van der Waals surface area (Å²) in [6.45, 7) is 0. The third-order valence-electron chi connectivity index (χ3n) is 1.31. The minimum atomic E-state index is 0. The van der Waals surface area contributed by atoms with E-state index < -0.39 is 0 Å². The van der Waals surface area contributed by atoms with E-state index in [4.69, 9.17) is 0 Å². The van der Waals surface area contributed by atoms with Crippen molar-refractivity contribution < 1.29 is 0 Å². The number of para-hydroxylation sites is 1. The van der Waals surface area contributed by atoms with Gasteiger partial charge < -0.3 is 0 Å². The molecular weight excluding hydrogens is 576 g/mol. The van der Waals surface area contributed by atoms with Crippen LogP contribution in [0.1, 0.15) is 0 Å². The van der Waals surface area contributed by atoms with Crippen molar-refractivity contribution in [2.75, 3.05) is 0 Å². The Labute approximate surface area is 118 Å². The zero-order valence-corrected chi connectivity index (χ0v) is 16.0. The Bertz CT molecular complexity index is 330. The van der Waals surface area contributed by atoms with Gasteiger partial charge in [0.05, 0.1) is 10.2 Å². The monoisotopic (exact) mass is 583 g/mol. The first-order chi connectivity index (χ1) is 4.86. The van der Waals surface area contributed by atoms with Crippen molar-refractivity contribution in [1.82, 2.24) is 4.98 Å². The molecule has 0 amide bonds. The van der Waals surface area contributed by atoms with Crippen LogP contribution in [0.4, 0.5) is 0 Å². The molecule has 1 unspecified atom stereocenters. The maximum absolute atomic E-state index is 4.29. The summed E-state index contributed by atoms with van der Waals surface area (Å²) in [5.74, 6) is 0. The molecule has 1 atom stereocenters. The van der Waals surface area contributed by atoms with Crippen molar-refractivity contribution in [1.29, 1.82) is 0 Å². The normalized spacial score (nSPS) is 8.75. The van der Waals surface area contributed by atoms with E-state index in [0.717, 1.165) is 10.3 Å². The fraction of sp³-hybridized carbons (Fsp3) is 0. The summed E-state index contributed by atoms with van der Waals surface area (Å²) in [6, 6.07) is 8.15. The molecule has 0 aliphatic rings. The predicted octanol–water partition coefficient (Wildman–Crippen LogP) is 1.04. The van der Waals surface area contributed by atoms with Gasteiger partial charge in [-0.3, -0.25) is 0 Å². The molecule has 0 aliphatic carbocycles. The van der Waals surface area contributed by atoms with Gasteiger partial charge in [0.15, 0.2) is 0 Å². The number of rotatable bonds is 0. The number of aromatic nitrogens is 1. The van der Waals surface area contributed by atoms with Gasteiger partial charge in [-0.15, -0.1) is 11.3 Å². The van der Waals surface area contributed by atoms with Crippen LogP contribution < -0.4 is 4.75 Å². The SMILES string of the molecule is Pc1nc2ccccc2s1.[Pb].[Pb]. The summed E-state index contributed by atoms with van der Waals surface area (Å²) in [6.07, 6.45) is 0. The van der Waals surface area contributed by atoms with E-state index in [9.17, 15) is 0 Å². The van der Waals surface area contributed by atoms with Crippen LogP contribution in [-0.4, -0.2) is 59.6 Å². The van der Waals surface area contributed by atoms with E-state index in [2.05, 4.69) is 20.3 Å². The number of nitrogens with zero attached hydrogens (tertiary/aromatic N) is 1. The molecule has 0 fully saturated rings. The van der Waals surface area contributed by atoms with Gasteiger partial charge in [0.1, 0.15) is 4.75 Å². The Morgan fingerprint density at radius 2 is 1.83 bits per heavy atom. The molecule has 2 rings (SSSR count). The van der Waals surface area contributed by atoms with Crippen LogP contribution in [0.3, 0.4) is 0 Å². The number of hydrogen-bond donors (Lipinski definition) is 0. The van der Waals surface area contributed by atoms with E-state index >= 15 is 0 Å². The van der Waals surface area contributed by atoms with Crippen LogP contribution in [0.15, 0.2) is 24.3 Å². The maximum Gasteiger partial charge on any atom is 0.110 e. The average Bonchev–Trinajstić information content (AvgIpc) is 2.27. The molecule has 1 aromatic carbocycles. The molecule has 0 saturated carbocycles. The van der Waals surface area contributed by atoms with Gasteiger partial charge in [-0.25, -0.2) is 4.98 Å². The Kier molecular flexibility index (Phi) is 6.67. The van der Waals surface area contributed by atoms with Crippen LogP contribution in [0, 0.1) is 0 Å². The summed E-state index contributed by atoms with van der Waals surface area (Å²) in [7, 11) is 2.61. The van der Waals surface area contributed by atoms with E-state index in [1.807, 2.05) is 18.2 Å². The summed E-state index contributed by atoms with van der Waals surface area (Å²) < 4.78 is 2.31. The average molecular weight is 582 g/mol. The van der Waals surface area contributed by atoms with Crippen LogP contribution in [0.2, 0.25) is 0 Å². The van der Waals surface area contributed by atoms with Crippen LogP contribution >= 0.6 is 20.6 Å². The van der Waals surface area contributed by atoms with Crippen molar-refractivity contribution in [3.8, 4) is 0 Å². The molecule has 8 radical (unpaired) electrons. The Balaban J connectivity index is 0.000000605. The smallest absolute Gasteiger partial charge is 0.110 e. The third-order valence-corrected chi connectivity index (χ3v) is 2.66. The Morgan fingerprint density at radius 1 is 1.17 bits per heavy atom. The fourth-order valence-electron chi connectivity index (χ4n) is 0.890. The third kappa shape index (κ3) is 2.95. The Hall–Kier alpha value is 1.38. The zero-order valence-electron chi connectivity index (χ0n) is 6.24. The molecule has 1 heterocycles. The van der Waals surface area contributed by atoms with Gasteiger partial charge in [-0.2, -0.15) is 0 Å². The van der Waals surface area contributed by atoms with E-state index in [0.29, 0.717) is 0 Å². The first-order valence-electron chi connectivity index (χ1n) is 2.97. The van der Waals surface area contributed by atoms with Gasteiger partial charge in [0.25, 0.3) is 0 Å². The molecule has 0 aliphatic heterocycles. The topological polar surface area (TPSA) is 12.9 Å². The molecule has 0 saturated heterocycles. The van der Waals surface area contributed by atoms with E-state index in [1.54, 1.807) is 11.3 Å². The number of thiazole rings is 1. The standard InChI is InChI=1S/C7H6NPS.2Pb/c9-7-8-5-3-1-2-4-6(5)10-7;;/h1-4H,9H2;;. The first kappa shape index (κ1) is 13.4. The molecule has 12 heavy (non-hydrogen) atoms. The summed E-state index contributed by atoms with van der Waals surface area (Å²) in [5, 5.41) is 0. The molecule has 1 nitrogen and oxygen atoms in total. The van der Waals surface area contributed by atoms with E-state index in [-0.39, 0.29) is 54.6 Å². The van der Waals surface area contributed by atoms with Crippen LogP contribution in [0.25, 0.3) is 10.2 Å². The molecule has 0 bridgehead atoms. The largest absolute Gasteiger partial charge is 0.237 e. The van der Waals surface area contributed by atoms with Crippen molar-refractivity contribution >= 4 is 90.1 Å². The van der Waals surface area contributed by atoms with Crippen molar-refractivity contribution in [3.63, 3.8) is 0 Å². The van der Waals surface area contributed by atoms with Gasteiger partial charge >= 0.3 is 0 Å². The van der Waals surface area contributed by atoms with E-state index in [1.165, 1.54) is 4.70 Å². The molecule has 1 aromatic heterocycles. The summed E-state index contributed by atoms with van der Waals surface area (Å²) in [5.41, 5.74) is 1.09. The quantitative estimate of drug-likeness (QED) is 0.335. The Morgan fingerprint density at radius 3 is 2.50 bits per heavy atom. The zero-order chi connectivity index (χ0) is 6.97. The molecule has 5 heteroatoms. The van der Waals surface area contributed by atoms with Crippen LogP contribution in [0.5, 0.6) is 0 Å². The molecule has 2 aromatic rings. The number of fused-ring (bicyclic) bond motifs is 1. The second-order valence-electron chi connectivity index (χ2n) is 2.02. The second kappa shape index (κ2) is 5.98. The van der Waals surface area contributed by atoms with Gasteiger partial charge in [0, 0.05) is 54.6 Å². The first-order valence-corrected chi connectivity index (χ1v) is 4.37. The molecular formula is C7H6NPPb2S. The van der Waals surface area contributed by atoms with Gasteiger partial charge in [0.2, 0.25) is 0 Å². The van der Waals surface area contributed by atoms with Crippen molar-refractivity contribution in [2.45, 2.75) is 0 Å². The number of benzene rings is 1. The maximum atomic E-state index is 4.29. The van der Waals surface area contributed by atoms with Gasteiger partial charge in [-0.1, -0.05) is 21.4 Å². The summed E-state index contributed by atoms with van der Waals surface area (Å²) in [4.78, 5) is 4.29. The van der Waals surface area contributed by atoms with Crippen LogP contribution in [-0.2, 0) is 0 Å². The number of hydrogen-bond acceptors (Lipinski definition) is 2. The molecule has 0 spiro atoms. The van der Waals surface area contributed by atoms with Crippen molar-refractivity contribution in [2.24, 2.45) is 0 Å². The molecule has 0 N–H and O–H groups in total. The molecule has 58 valence electrons. The van der Waals surface area contributed by atoms with Crippen molar-refractivity contribution in [3.05, 3.63) is 24.3 Å². The predicted molar refractivity (Wildman–Crippen MR) is 60.5 cm³/mol. The summed E-state index contributed by atoms with van der Waals surface area (Å²) >= 11 is 1.70. The minimum Gasteiger partial charge on any atom is -0.237 e. The fourth-order valence-corrected chi connectivity index (χ4v) is 2.14. The van der Waals surface area contributed by atoms with Gasteiger partial charge in [-0.05, 0) is 12.1 Å². The second-order valence-corrected chi connectivity index (χ2v) is 4.05. The minimum absolute atomic E-state index is 0.